The molecule has 0 aliphatic heterocycles. The summed E-state index contributed by atoms with van der Waals surface area (Å²) in [5.74, 6) is -0.238. The molecule has 1 aromatic rings. The maximum atomic E-state index is 10.7. The van der Waals surface area contributed by atoms with Crippen LogP contribution in [0.3, 0.4) is 0 Å². The van der Waals surface area contributed by atoms with E-state index in [4.69, 9.17) is 0 Å². The molecule has 0 spiro atoms. The molecule has 0 saturated heterocycles. The highest BCUT2D eigenvalue weighted by molar-refractivity contribution is 5.95. The summed E-state index contributed by atoms with van der Waals surface area (Å²) in [7, 11) is 1.66. The summed E-state index contributed by atoms with van der Waals surface area (Å²) in [4.78, 5) is 16.0. The fourth-order valence-corrected chi connectivity index (χ4v) is 0.696. The lowest BCUT2D eigenvalue weighted by Gasteiger charge is -2.12. The number of anilines is 1. The maximum Gasteiger partial charge on any atom is 0.227 e. The molecule has 1 rings (SSSR count). The first kappa shape index (κ1) is 7.72. The van der Waals surface area contributed by atoms with Crippen LogP contribution in [-0.4, -0.2) is 17.9 Å². The first-order chi connectivity index (χ1) is 5.22. The zero-order valence-corrected chi connectivity index (χ0v) is 6.32. The van der Waals surface area contributed by atoms with Crippen LogP contribution in [0.4, 0.5) is 5.69 Å². The van der Waals surface area contributed by atoms with E-state index in [1.807, 2.05) is 0 Å². The average molecular weight is 149 g/mol. The highest BCUT2D eigenvalue weighted by Gasteiger charge is 2.03. The number of nitrogens with zero attached hydrogens (tertiary/aromatic N) is 2. The Hall–Kier alpha value is -1.38. The van der Waals surface area contributed by atoms with Crippen LogP contribution in [0.15, 0.2) is 24.5 Å². The number of aromatic nitrogens is 1. The van der Waals surface area contributed by atoms with E-state index in [9.17, 15) is 4.79 Å². The molecule has 0 aliphatic rings. The monoisotopic (exact) mass is 149 g/mol. The molecule has 1 radical (unpaired) electrons. The van der Waals surface area contributed by atoms with Gasteiger partial charge in [-0.3, -0.25) is 9.78 Å². The van der Waals surface area contributed by atoms with Gasteiger partial charge in [0.25, 0.3) is 0 Å². The van der Waals surface area contributed by atoms with Gasteiger partial charge in [0.15, 0.2) is 0 Å². The Kier molecular flexibility index (Phi) is 2.21. The van der Waals surface area contributed by atoms with E-state index in [0.29, 0.717) is 0 Å². The molecule has 11 heavy (non-hydrogen) atoms. The fraction of sp³-hybridized carbons (Fsp3) is 0.125. The Morgan fingerprint density at radius 3 is 2.91 bits per heavy atom. The van der Waals surface area contributed by atoms with Gasteiger partial charge in [0.2, 0.25) is 5.91 Å². The van der Waals surface area contributed by atoms with Crippen LogP contribution in [0.5, 0.6) is 0 Å². The fourth-order valence-electron chi connectivity index (χ4n) is 0.696. The lowest BCUT2D eigenvalue weighted by Crippen LogP contribution is -2.22. The first-order valence-corrected chi connectivity index (χ1v) is 3.21. The second kappa shape index (κ2) is 3.14. The predicted molar refractivity (Wildman–Crippen MR) is 43.0 cm³/mol. The molecule has 0 fully saturated rings. The highest BCUT2D eigenvalue weighted by Crippen LogP contribution is 2.08. The molecule has 0 bridgehead atoms. The highest BCUT2D eigenvalue weighted by atomic mass is 16.2. The van der Waals surface area contributed by atoms with Crippen LogP contribution in [0.2, 0.25) is 0 Å². The summed E-state index contributed by atoms with van der Waals surface area (Å²) >= 11 is 0. The zero-order valence-electron chi connectivity index (χ0n) is 6.32. The van der Waals surface area contributed by atoms with Crippen molar-refractivity contribution < 1.29 is 4.79 Å². The quantitative estimate of drug-likeness (QED) is 0.593. The predicted octanol–water partition coefficient (Wildman–Crippen LogP) is 0.878. The van der Waals surface area contributed by atoms with E-state index < -0.39 is 0 Å². The number of carbonyl (C=O) groups excluding carboxylic acids is 1. The normalized spacial score (nSPS) is 9.27. The third-order valence-electron chi connectivity index (χ3n) is 1.41. The minimum atomic E-state index is -0.238. The van der Waals surface area contributed by atoms with Crippen molar-refractivity contribution in [2.45, 2.75) is 0 Å². The number of pyridine rings is 1. The Labute approximate surface area is 65.7 Å². The van der Waals surface area contributed by atoms with Crippen LogP contribution in [-0.2, 0) is 4.79 Å². The Morgan fingerprint density at radius 2 is 2.45 bits per heavy atom. The molecule has 1 heterocycles. The van der Waals surface area contributed by atoms with Gasteiger partial charge in [0.1, 0.15) is 0 Å². The van der Waals surface area contributed by atoms with Gasteiger partial charge in [-0.2, -0.15) is 0 Å². The summed E-state index contributed by atoms with van der Waals surface area (Å²) in [5.41, 5.74) is 0.757. The smallest absolute Gasteiger partial charge is 0.227 e. The summed E-state index contributed by atoms with van der Waals surface area (Å²) in [6.07, 6.45) is 3.27. The second-order valence-electron chi connectivity index (χ2n) is 2.16. The van der Waals surface area contributed by atoms with Crippen molar-refractivity contribution in [2.75, 3.05) is 11.9 Å². The third-order valence-corrected chi connectivity index (χ3v) is 1.41. The molecule has 0 aliphatic carbocycles. The molecule has 0 N–H and O–H groups in total. The molecule has 0 unspecified atom stereocenters. The van der Waals surface area contributed by atoms with E-state index in [0.717, 1.165) is 5.69 Å². The van der Waals surface area contributed by atoms with Crippen molar-refractivity contribution in [3.8, 4) is 0 Å². The van der Waals surface area contributed by atoms with Gasteiger partial charge < -0.3 is 4.90 Å². The summed E-state index contributed by atoms with van der Waals surface area (Å²) in [5, 5.41) is 0. The number of amides is 1. The van der Waals surface area contributed by atoms with Crippen LogP contribution < -0.4 is 4.90 Å². The van der Waals surface area contributed by atoms with Gasteiger partial charge in [-0.05, 0) is 12.1 Å². The Morgan fingerprint density at radius 1 is 1.73 bits per heavy atom. The molecule has 3 nitrogen and oxygen atoms in total. The zero-order chi connectivity index (χ0) is 8.27. The third kappa shape index (κ3) is 1.77. The minimum absolute atomic E-state index is 0.238. The summed E-state index contributed by atoms with van der Waals surface area (Å²) in [6, 6.07) is 3.57. The molecule has 1 aromatic heterocycles. The molecule has 0 saturated carbocycles. The van der Waals surface area contributed by atoms with Crippen molar-refractivity contribution in [1.29, 1.82) is 0 Å². The molecule has 57 valence electrons. The van der Waals surface area contributed by atoms with Gasteiger partial charge in [0.05, 0.1) is 11.9 Å². The second-order valence-corrected chi connectivity index (χ2v) is 2.16. The molecular formula is C8H9N2O. The lowest BCUT2D eigenvalue weighted by molar-refractivity contribution is -0.114. The maximum absolute atomic E-state index is 10.7. The van der Waals surface area contributed by atoms with Crippen LogP contribution in [0, 0.1) is 6.92 Å². The van der Waals surface area contributed by atoms with Crippen molar-refractivity contribution in [3.63, 3.8) is 0 Å². The first-order valence-electron chi connectivity index (χ1n) is 3.21. The number of hydrogen-bond acceptors (Lipinski definition) is 2. The van der Waals surface area contributed by atoms with E-state index in [2.05, 4.69) is 11.9 Å². The SMILES string of the molecule is [CH2]C(=O)N(C)c1cccnc1. The van der Waals surface area contributed by atoms with Gasteiger partial charge in [-0.1, -0.05) is 0 Å². The van der Waals surface area contributed by atoms with Crippen LogP contribution >= 0.6 is 0 Å². The molecule has 3 heteroatoms. The summed E-state index contributed by atoms with van der Waals surface area (Å²) in [6.45, 7) is 3.27. The number of rotatable bonds is 1. The standard InChI is InChI=1S/C8H9N2O/c1-7(11)10(2)8-4-3-5-9-6-8/h3-6H,1H2,2H3. The van der Waals surface area contributed by atoms with Gasteiger partial charge in [0, 0.05) is 20.2 Å². The van der Waals surface area contributed by atoms with Gasteiger partial charge in [-0.15, -0.1) is 0 Å². The topological polar surface area (TPSA) is 33.2 Å². The van der Waals surface area contributed by atoms with Crippen molar-refractivity contribution in [1.82, 2.24) is 4.98 Å². The molecule has 0 aromatic carbocycles. The van der Waals surface area contributed by atoms with Gasteiger partial charge in [-0.25, -0.2) is 0 Å². The van der Waals surface area contributed by atoms with Crippen molar-refractivity contribution in [3.05, 3.63) is 31.5 Å². The molecular weight excluding hydrogens is 140 g/mol. The van der Waals surface area contributed by atoms with Crippen molar-refractivity contribution >= 4 is 11.6 Å². The van der Waals surface area contributed by atoms with Crippen LogP contribution in [0.25, 0.3) is 0 Å². The van der Waals surface area contributed by atoms with E-state index >= 15 is 0 Å². The van der Waals surface area contributed by atoms with Gasteiger partial charge >= 0.3 is 0 Å². The number of carbonyl (C=O) groups is 1. The van der Waals surface area contributed by atoms with Crippen molar-refractivity contribution in [2.24, 2.45) is 0 Å². The van der Waals surface area contributed by atoms with E-state index in [-0.39, 0.29) is 5.91 Å². The number of hydrogen-bond donors (Lipinski definition) is 0. The van der Waals surface area contributed by atoms with Crippen LogP contribution in [0.1, 0.15) is 0 Å². The molecule has 1 amide bonds. The average Bonchev–Trinajstić information content (AvgIpc) is 2.05. The van der Waals surface area contributed by atoms with E-state index in [1.165, 1.54) is 4.90 Å². The summed E-state index contributed by atoms with van der Waals surface area (Å²) < 4.78 is 0. The Balaban J connectivity index is 2.85. The lowest BCUT2D eigenvalue weighted by atomic mass is 10.4. The largest absolute Gasteiger partial charge is 0.314 e. The van der Waals surface area contributed by atoms with E-state index in [1.54, 1.807) is 31.6 Å². The molecule has 0 atom stereocenters. The Bertz CT molecular complexity index is 246. The minimum Gasteiger partial charge on any atom is -0.314 e.